The van der Waals surface area contributed by atoms with Gasteiger partial charge in [0, 0.05) is 18.0 Å². The molecule has 1 amide bonds. The van der Waals surface area contributed by atoms with Crippen molar-refractivity contribution in [3.05, 3.63) is 60.9 Å². The number of rotatable bonds is 6. The average Bonchev–Trinajstić information content (AvgIpc) is 3.01. The van der Waals surface area contributed by atoms with E-state index in [0.29, 0.717) is 5.56 Å². The van der Waals surface area contributed by atoms with Crippen molar-refractivity contribution in [1.82, 2.24) is 15.1 Å². The number of benzene rings is 1. The third kappa shape index (κ3) is 3.56. The molecule has 0 saturated heterocycles. The summed E-state index contributed by atoms with van der Waals surface area (Å²) in [5.74, 6) is -1.52. The van der Waals surface area contributed by atoms with Crippen LogP contribution < -0.4 is 5.32 Å². The van der Waals surface area contributed by atoms with Gasteiger partial charge in [-0.3, -0.25) is 4.79 Å². The molecule has 1 aromatic heterocycles. The van der Waals surface area contributed by atoms with Crippen molar-refractivity contribution in [1.29, 1.82) is 0 Å². The van der Waals surface area contributed by atoms with E-state index in [4.69, 9.17) is 5.11 Å². The lowest BCUT2D eigenvalue weighted by atomic mass is 10.1. The lowest BCUT2D eigenvalue weighted by Gasteiger charge is -2.12. The third-order valence-corrected chi connectivity index (χ3v) is 2.90. The molecule has 1 heterocycles. The van der Waals surface area contributed by atoms with Crippen LogP contribution in [-0.2, 0) is 4.79 Å². The zero-order chi connectivity index (χ0) is 15.2. The van der Waals surface area contributed by atoms with E-state index in [1.54, 1.807) is 47.4 Å². The molecule has 0 saturated carbocycles. The van der Waals surface area contributed by atoms with Gasteiger partial charge in [0.05, 0.1) is 5.69 Å². The second kappa shape index (κ2) is 6.51. The molecule has 1 aromatic carbocycles. The summed E-state index contributed by atoms with van der Waals surface area (Å²) in [7, 11) is 0. The maximum absolute atomic E-state index is 12.0. The van der Waals surface area contributed by atoms with Gasteiger partial charge in [-0.2, -0.15) is 5.10 Å². The fourth-order valence-electron chi connectivity index (χ4n) is 1.82. The van der Waals surface area contributed by atoms with Crippen LogP contribution in [0, 0.1) is 0 Å². The first-order chi connectivity index (χ1) is 10.1. The summed E-state index contributed by atoms with van der Waals surface area (Å²) in [5.41, 5.74) is 1.21. The molecule has 2 N–H and O–H groups in total. The SMILES string of the molecule is C=CCC(NC(=O)c1ccc(-n2cccn2)cc1)C(=O)O. The topological polar surface area (TPSA) is 84.2 Å². The molecule has 0 bridgehead atoms. The minimum Gasteiger partial charge on any atom is -0.480 e. The molecule has 108 valence electrons. The Bertz CT molecular complexity index is 633. The number of nitrogens with zero attached hydrogens (tertiary/aromatic N) is 2. The number of aliphatic carboxylic acids is 1. The lowest BCUT2D eigenvalue weighted by Crippen LogP contribution is -2.40. The fraction of sp³-hybridized carbons (Fsp3) is 0.133. The van der Waals surface area contributed by atoms with E-state index in [1.807, 2.05) is 0 Å². The number of hydrogen-bond acceptors (Lipinski definition) is 3. The van der Waals surface area contributed by atoms with Gasteiger partial charge >= 0.3 is 5.97 Å². The van der Waals surface area contributed by atoms with Gasteiger partial charge in [-0.15, -0.1) is 6.58 Å². The van der Waals surface area contributed by atoms with Gasteiger partial charge in [0.25, 0.3) is 5.91 Å². The molecular weight excluding hydrogens is 270 g/mol. The van der Waals surface area contributed by atoms with Crippen LogP contribution in [0.3, 0.4) is 0 Å². The Morgan fingerprint density at radius 3 is 2.62 bits per heavy atom. The molecule has 0 radical (unpaired) electrons. The highest BCUT2D eigenvalue weighted by molar-refractivity contribution is 5.96. The van der Waals surface area contributed by atoms with Crippen LogP contribution in [0.25, 0.3) is 5.69 Å². The first-order valence-corrected chi connectivity index (χ1v) is 6.36. The molecule has 0 spiro atoms. The minimum absolute atomic E-state index is 0.173. The highest BCUT2D eigenvalue weighted by Crippen LogP contribution is 2.09. The molecule has 6 nitrogen and oxygen atoms in total. The Morgan fingerprint density at radius 1 is 1.38 bits per heavy atom. The van der Waals surface area contributed by atoms with Crippen molar-refractivity contribution in [2.24, 2.45) is 0 Å². The van der Waals surface area contributed by atoms with Crippen molar-refractivity contribution < 1.29 is 14.7 Å². The van der Waals surface area contributed by atoms with Crippen molar-refractivity contribution in [3.63, 3.8) is 0 Å². The van der Waals surface area contributed by atoms with Gasteiger partial charge in [0.2, 0.25) is 0 Å². The highest BCUT2D eigenvalue weighted by atomic mass is 16.4. The zero-order valence-corrected chi connectivity index (χ0v) is 11.3. The quantitative estimate of drug-likeness (QED) is 0.790. The smallest absolute Gasteiger partial charge is 0.326 e. The van der Waals surface area contributed by atoms with Gasteiger partial charge in [0.1, 0.15) is 6.04 Å². The molecular formula is C15H15N3O3. The Hall–Kier alpha value is -2.89. The van der Waals surface area contributed by atoms with E-state index in [2.05, 4.69) is 17.0 Å². The maximum Gasteiger partial charge on any atom is 0.326 e. The molecule has 0 aliphatic rings. The van der Waals surface area contributed by atoms with Crippen molar-refractivity contribution in [2.45, 2.75) is 12.5 Å². The summed E-state index contributed by atoms with van der Waals surface area (Å²) in [6.45, 7) is 3.48. The molecule has 0 aliphatic carbocycles. The average molecular weight is 285 g/mol. The number of carboxylic acid groups (broad SMARTS) is 1. The summed E-state index contributed by atoms with van der Waals surface area (Å²) in [5, 5.41) is 15.5. The molecule has 1 atom stereocenters. The summed E-state index contributed by atoms with van der Waals surface area (Å²) >= 11 is 0. The van der Waals surface area contributed by atoms with E-state index < -0.39 is 17.9 Å². The van der Waals surface area contributed by atoms with E-state index in [-0.39, 0.29) is 6.42 Å². The molecule has 2 rings (SSSR count). The number of carbonyl (C=O) groups excluding carboxylic acids is 1. The molecule has 0 aliphatic heterocycles. The number of nitrogens with one attached hydrogen (secondary N) is 1. The monoisotopic (exact) mass is 285 g/mol. The Morgan fingerprint density at radius 2 is 2.10 bits per heavy atom. The number of carbonyl (C=O) groups is 2. The second-order valence-corrected chi connectivity index (χ2v) is 4.39. The van der Waals surface area contributed by atoms with E-state index in [1.165, 1.54) is 6.08 Å². The fourth-order valence-corrected chi connectivity index (χ4v) is 1.82. The van der Waals surface area contributed by atoms with Gasteiger partial charge in [-0.25, -0.2) is 9.48 Å². The third-order valence-electron chi connectivity index (χ3n) is 2.90. The number of amides is 1. The summed E-state index contributed by atoms with van der Waals surface area (Å²) < 4.78 is 1.67. The first-order valence-electron chi connectivity index (χ1n) is 6.36. The van der Waals surface area contributed by atoms with Crippen molar-refractivity contribution in [3.8, 4) is 5.69 Å². The van der Waals surface area contributed by atoms with Crippen molar-refractivity contribution >= 4 is 11.9 Å². The molecule has 21 heavy (non-hydrogen) atoms. The van der Waals surface area contributed by atoms with Gasteiger partial charge < -0.3 is 10.4 Å². The van der Waals surface area contributed by atoms with Gasteiger partial charge in [-0.1, -0.05) is 6.08 Å². The zero-order valence-electron chi connectivity index (χ0n) is 11.3. The standard InChI is InChI=1S/C15H15N3O3/c1-2-4-13(15(20)21)17-14(19)11-5-7-12(8-6-11)18-10-3-9-16-18/h2-3,5-10,13H,1,4H2,(H,17,19)(H,20,21). The van der Waals surface area contributed by atoms with Crippen LogP contribution in [0.5, 0.6) is 0 Å². The Balaban J connectivity index is 2.09. The van der Waals surface area contributed by atoms with E-state index in [0.717, 1.165) is 5.69 Å². The highest BCUT2D eigenvalue weighted by Gasteiger charge is 2.19. The molecule has 1 unspecified atom stereocenters. The van der Waals surface area contributed by atoms with Crippen LogP contribution in [0.15, 0.2) is 55.4 Å². The molecule has 6 heteroatoms. The van der Waals surface area contributed by atoms with E-state index in [9.17, 15) is 9.59 Å². The maximum atomic E-state index is 12.0. The minimum atomic E-state index is -1.09. The predicted molar refractivity (Wildman–Crippen MR) is 77.3 cm³/mol. The van der Waals surface area contributed by atoms with Gasteiger partial charge in [-0.05, 0) is 36.8 Å². The Labute approximate surface area is 121 Å². The van der Waals surface area contributed by atoms with Crippen LogP contribution in [0.2, 0.25) is 0 Å². The van der Waals surface area contributed by atoms with Crippen LogP contribution in [0.4, 0.5) is 0 Å². The van der Waals surface area contributed by atoms with Gasteiger partial charge in [0.15, 0.2) is 0 Å². The van der Waals surface area contributed by atoms with Crippen LogP contribution in [-0.4, -0.2) is 32.8 Å². The molecule has 0 fully saturated rings. The van der Waals surface area contributed by atoms with Crippen molar-refractivity contribution in [2.75, 3.05) is 0 Å². The summed E-state index contributed by atoms with van der Waals surface area (Å²) in [6, 6.07) is 7.56. The largest absolute Gasteiger partial charge is 0.480 e. The number of aromatic nitrogens is 2. The Kier molecular flexibility index (Phi) is 4.50. The van der Waals surface area contributed by atoms with Crippen LogP contribution in [0.1, 0.15) is 16.8 Å². The normalized spacial score (nSPS) is 11.6. The summed E-state index contributed by atoms with van der Waals surface area (Å²) in [4.78, 5) is 23.0. The second-order valence-electron chi connectivity index (χ2n) is 4.39. The number of carboxylic acids is 1. The van der Waals surface area contributed by atoms with E-state index >= 15 is 0 Å². The lowest BCUT2D eigenvalue weighted by molar-refractivity contribution is -0.139. The number of hydrogen-bond donors (Lipinski definition) is 2. The molecule has 2 aromatic rings. The first kappa shape index (κ1) is 14.5. The predicted octanol–water partition coefficient (Wildman–Crippen LogP) is 1.63. The summed E-state index contributed by atoms with van der Waals surface area (Å²) in [6.07, 6.45) is 5.08. The van der Waals surface area contributed by atoms with Crippen LogP contribution >= 0.6 is 0 Å².